The van der Waals surface area contributed by atoms with E-state index in [-0.39, 0.29) is 29.2 Å². The van der Waals surface area contributed by atoms with Crippen molar-refractivity contribution in [2.75, 3.05) is 18.5 Å². The molecule has 3 heterocycles. The summed E-state index contributed by atoms with van der Waals surface area (Å²) < 4.78 is 32.6. The first kappa shape index (κ1) is 19.4. The third-order valence-electron chi connectivity index (χ3n) is 5.41. The minimum Gasteiger partial charge on any atom is -0.337 e. The first-order valence-corrected chi connectivity index (χ1v) is 12.0. The van der Waals surface area contributed by atoms with E-state index in [1.165, 1.54) is 22.7 Å². The van der Waals surface area contributed by atoms with Gasteiger partial charge in [-0.1, -0.05) is 11.2 Å². The number of amides is 1. The van der Waals surface area contributed by atoms with Crippen LogP contribution in [0.5, 0.6) is 0 Å². The topological polar surface area (TPSA) is 96.6 Å². The maximum atomic E-state index is 13.1. The maximum Gasteiger partial charge on any atom is 0.243 e. The zero-order valence-electron chi connectivity index (χ0n) is 16.3. The number of hydrogen-bond donors (Lipinski definition) is 0. The zero-order valence-corrected chi connectivity index (χ0v) is 17.9. The number of thiophene rings is 1. The Morgan fingerprint density at radius 1 is 1.33 bits per heavy atom. The molecule has 2 aliphatic rings. The molecular weight excluding hydrogens is 424 g/mol. The molecule has 1 saturated carbocycles. The predicted octanol–water partition coefficient (Wildman–Crippen LogP) is 2.92. The van der Waals surface area contributed by atoms with Gasteiger partial charge in [-0.25, -0.2) is 8.42 Å². The fourth-order valence-electron chi connectivity index (χ4n) is 3.60. The van der Waals surface area contributed by atoms with Crippen LogP contribution in [-0.4, -0.2) is 42.4 Å². The van der Waals surface area contributed by atoms with Gasteiger partial charge in [-0.3, -0.25) is 4.79 Å². The minimum absolute atomic E-state index is 0.0237. The van der Waals surface area contributed by atoms with Crippen molar-refractivity contribution in [3.63, 3.8) is 0 Å². The summed E-state index contributed by atoms with van der Waals surface area (Å²) in [6.45, 7) is 0.585. The van der Waals surface area contributed by atoms with Crippen molar-refractivity contribution in [3.8, 4) is 10.7 Å². The first-order chi connectivity index (χ1) is 14.4. The van der Waals surface area contributed by atoms with Crippen LogP contribution in [0.25, 0.3) is 10.7 Å². The Bertz CT molecular complexity index is 1200. The molecule has 0 saturated heterocycles. The van der Waals surface area contributed by atoms with Crippen molar-refractivity contribution in [1.82, 2.24) is 14.4 Å². The number of hydrogen-bond acceptors (Lipinski definition) is 7. The van der Waals surface area contributed by atoms with E-state index < -0.39 is 10.0 Å². The van der Waals surface area contributed by atoms with Crippen LogP contribution in [0, 0.1) is 5.92 Å². The number of rotatable bonds is 6. The Kier molecular flexibility index (Phi) is 4.72. The molecule has 0 atom stereocenters. The van der Waals surface area contributed by atoms with Crippen LogP contribution in [0.15, 0.2) is 45.1 Å². The molecule has 1 aromatic carbocycles. The normalized spacial score (nSPS) is 16.3. The van der Waals surface area contributed by atoms with Crippen LogP contribution in [0.2, 0.25) is 0 Å². The number of aromatic nitrogens is 2. The highest BCUT2D eigenvalue weighted by atomic mass is 32.2. The summed E-state index contributed by atoms with van der Waals surface area (Å²) in [4.78, 5) is 19.6. The molecule has 0 spiro atoms. The van der Waals surface area contributed by atoms with Crippen LogP contribution < -0.4 is 4.90 Å². The van der Waals surface area contributed by atoms with E-state index in [1.807, 2.05) is 17.5 Å². The molecule has 156 valence electrons. The molecule has 1 aliphatic carbocycles. The molecule has 8 nitrogen and oxygen atoms in total. The van der Waals surface area contributed by atoms with Crippen molar-refractivity contribution in [2.45, 2.75) is 30.7 Å². The van der Waals surface area contributed by atoms with Gasteiger partial charge in [0.05, 0.1) is 16.3 Å². The summed E-state index contributed by atoms with van der Waals surface area (Å²) in [5, 5.41) is 5.84. The number of sulfonamides is 1. The molecule has 2 aromatic heterocycles. The average molecular weight is 445 g/mol. The molecule has 0 unspecified atom stereocenters. The lowest BCUT2D eigenvalue weighted by Gasteiger charge is -2.18. The fraction of sp³-hybridized carbons (Fsp3) is 0.350. The average Bonchev–Trinajstić information content (AvgIpc) is 3.12. The van der Waals surface area contributed by atoms with Gasteiger partial charge >= 0.3 is 0 Å². The van der Waals surface area contributed by atoms with Gasteiger partial charge < -0.3 is 9.42 Å². The van der Waals surface area contributed by atoms with Gasteiger partial charge in [0.25, 0.3) is 0 Å². The highest BCUT2D eigenvalue weighted by Crippen LogP contribution is 2.37. The molecule has 1 amide bonds. The van der Waals surface area contributed by atoms with Gasteiger partial charge in [-0.15, -0.1) is 11.3 Å². The summed E-state index contributed by atoms with van der Waals surface area (Å²) in [5.74, 6) is 0.967. The van der Waals surface area contributed by atoms with Crippen molar-refractivity contribution in [1.29, 1.82) is 0 Å². The van der Waals surface area contributed by atoms with Gasteiger partial charge in [0, 0.05) is 25.2 Å². The fourth-order valence-corrected chi connectivity index (χ4v) is 5.42. The molecule has 1 aliphatic heterocycles. The van der Waals surface area contributed by atoms with Crippen molar-refractivity contribution >= 4 is 33.0 Å². The first-order valence-electron chi connectivity index (χ1n) is 9.70. The van der Waals surface area contributed by atoms with E-state index in [9.17, 15) is 13.2 Å². The van der Waals surface area contributed by atoms with Gasteiger partial charge in [-0.2, -0.15) is 9.29 Å². The highest BCUT2D eigenvalue weighted by molar-refractivity contribution is 7.89. The zero-order chi connectivity index (χ0) is 20.9. The Hall–Kier alpha value is -2.56. The quantitative estimate of drug-likeness (QED) is 0.580. The van der Waals surface area contributed by atoms with Crippen molar-refractivity contribution in [2.24, 2.45) is 5.92 Å². The van der Waals surface area contributed by atoms with Crippen LogP contribution in [0.1, 0.15) is 24.3 Å². The molecule has 5 rings (SSSR count). The van der Waals surface area contributed by atoms with Crippen molar-refractivity contribution in [3.05, 3.63) is 47.2 Å². The standard InChI is InChI=1S/C20H20N4O4S2/c1-23(12-18-21-19(22-28-18)17-3-2-10-29-17)30(26,27)15-6-7-16-14(11-15)8-9-24(16)20(25)13-4-5-13/h2-3,6-7,10-11,13H,4-5,8-9,12H2,1H3. The minimum atomic E-state index is -3.74. The second-order valence-electron chi connectivity index (χ2n) is 7.55. The molecule has 0 bridgehead atoms. The Morgan fingerprint density at radius 3 is 2.90 bits per heavy atom. The lowest BCUT2D eigenvalue weighted by molar-refractivity contribution is -0.119. The van der Waals surface area contributed by atoms with E-state index in [0.29, 0.717) is 18.8 Å². The third-order valence-corrected chi connectivity index (χ3v) is 8.08. The highest BCUT2D eigenvalue weighted by Gasteiger charge is 2.37. The number of carbonyl (C=O) groups is 1. The van der Waals surface area contributed by atoms with Crippen LogP contribution in [0.3, 0.4) is 0 Å². The van der Waals surface area contributed by atoms with Gasteiger partial charge in [0.15, 0.2) is 0 Å². The van der Waals surface area contributed by atoms with Crippen LogP contribution in [-0.2, 0) is 27.8 Å². The maximum absolute atomic E-state index is 13.1. The van der Waals surface area contributed by atoms with Crippen LogP contribution in [0.4, 0.5) is 5.69 Å². The van der Waals surface area contributed by atoms with Gasteiger partial charge in [0.1, 0.15) is 0 Å². The summed E-state index contributed by atoms with van der Waals surface area (Å²) in [6, 6.07) is 8.74. The molecule has 3 aromatic rings. The lowest BCUT2D eigenvalue weighted by atomic mass is 10.2. The van der Waals surface area contributed by atoms with Gasteiger partial charge in [0.2, 0.25) is 27.6 Å². The molecule has 0 N–H and O–H groups in total. The molecule has 0 radical (unpaired) electrons. The van der Waals surface area contributed by atoms with E-state index >= 15 is 0 Å². The smallest absolute Gasteiger partial charge is 0.243 e. The summed E-state index contributed by atoms with van der Waals surface area (Å²) >= 11 is 1.48. The van der Waals surface area contributed by atoms with E-state index in [2.05, 4.69) is 10.1 Å². The summed E-state index contributed by atoms with van der Waals surface area (Å²) in [7, 11) is -2.25. The van der Waals surface area contributed by atoms with Crippen LogP contribution >= 0.6 is 11.3 Å². The Labute approximate surface area is 178 Å². The number of carbonyl (C=O) groups excluding carboxylic acids is 1. The SMILES string of the molecule is CN(Cc1nc(-c2cccs2)no1)S(=O)(=O)c1ccc2c(c1)CCN2C(=O)C1CC1. The van der Waals surface area contributed by atoms with E-state index in [4.69, 9.17) is 4.52 Å². The van der Waals surface area contributed by atoms with Gasteiger partial charge in [-0.05, 0) is 54.5 Å². The third kappa shape index (κ3) is 3.44. The second kappa shape index (κ2) is 7.29. The van der Waals surface area contributed by atoms with E-state index in [0.717, 1.165) is 29.0 Å². The number of anilines is 1. The monoisotopic (exact) mass is 444 g/mol. The number of nitrogens with zero attached hydrogens (tertiary/aromatic N) is 4. The molecule has 1 fully saturated rings. The summed E-state index contributed by atoms with van der Waals surface area (Å²) in [6.07, 6.45) is 2.56. The molecule has 10 heteroatoms. The lowest BCUT2D eigenvalue weighted by Crippen LogP contribution is -2.30. The largest absolute Gasteiger partial charge is 0.337 e. The Balaban J connectivity index is 1.34. The van der Waals surface area contributed by atoms with Crippen molar-refractivity contribution < 1.29 is 17.7 Å². The second-order valence-corrected chi connectivity index (χ2v) is 10.5. The molecular formula is C20H20N4O4S2. The number of benzene rings is 1. The molecule has 30 heavy (non-hydrogen) atoms. The Morgan fingerprint density at radius 2 is 2.17 bits per heavy atom. The number of fused-ring (bicyclic) bond motifs is 1. The van der Waals surface area contributed by atoms with E-state index in [1.54, 1.807) is 23.1 Å². The summed E-state index contributed by atoms with van der Waals surface area (Å²) in [5.41, 5.74) is 1.71. The predicted molar refractivity (Wildman–Crippen MR) is 111 cm³/mol.